The summed E-state index contributed by atoms with van der Waals surface area (Å²) < 4.78 is 4.98. The smallest absolute Gasteiger partial charge is 0.317 e. The summed E-state index contributed by atoms with van der Waals surface area (Å²) in [6, 6.07) is 0.343. The molecule has 0 aromatic heterocycles. The van der Waals surface area contributed by atoms with Crippen molar-refractivity contribution in [3.05, 3.63) is 0 Å². The Morgan fingerprint density at radius 1 is 1.69 bits per heavy atom. The van der Waals surface area contributed by atoms with Crippen LogP contribution in [0.1, 0.15) is 19.8 Å². The fraction of sp³-hybridized carbons (Fsp3) is 0.889. The quantitative estimate of drug-likeness (QED) is 0.706. The average Bonchev–Trinajstić information content (AvgIpc) is 2.15. The molecule has 1 heterocycles. The normalized spacial score (nSPS) is 19.8. The van der Waals surface area contributed by atoms with Crippen LogP contribution in [0.15, 0.2) is 0 Å². The van der Waals surface area contributed by atoms with Gasteiger partial charge < -0.3 is 15.0 Å². The summed E-state index contributed by atoms with van der Waals surface area (Å²) in [5.41, 5.74) is 0. The van der Waals surface area contributed by atoms with Gasteiger partial charge in [-0.2, -0.15) is 0 Å². The lowest BCUT2D eigenvalue weighted by molar-refractivity contribution is 0.134. The highest BCUT2D eigenvalue weighted by atomic mass is 16.5. The number of hydrogen-bond acceptors (Lipinski definition) is 2. The number of carbonyl (C=O) groups is 1. The summed E-state index contributed by atoms with van der Waals surface area (Å²) in [7, 11) is 1.68. The molecule has 0 aromatic rings. The molecule has 2 amide bonds. The van der Waals surface area contributed by atoms with Crippen LogP contribution >= 0.6 is 0 Å². The van der Waals surface area contributed by atoms with Gasteiger partial charge in [-0.25, -0.2) is 4.79 Å². The highest BCUT2D eigenvalue weighted by Crippen LogP contribution is 2.08. The third-order valence-corrected chi connectivity index (χ3v) is 2.38. The van der Waals surface area contributed by atoms with Crippen LogP contribution in [0.5, 0.6) is 0 Å². The molecular weight excluding hydrogens is 168 g/mol. The molecule has 1 aliphatic heterocycles. The number of carbonyl (C=O) groups excluding carboxylic acids is 1. The first kappa shape index (κ1) is 10.3. The molecule has 0 spiro atoms. The Morgan fingerprint density at radius 2 is 2.46 bits per heavy atom. The van der Waals surface area contributed by atoms with E-state index in [0.717, 1.165) is 25.9 Å². The van der Waals surface area contributed by atoms with Crippen molar-refractivity contribution in [2.75, 3.05) is 26.8 Å². The molecule has 1 N–H and O–H groups in total. The van der Waals surface area contributed by atoms with E-state index in [-0.39, 0.29) is 12.1 Å². The van der Waals surface area contributed by atoms with Crippen molar-refractivity contribution in [2.24, 2.45) is 0 Å². The van der Waals surface area contributed by atoms with E-state index in [1.807, 2.05) is 4.90 Å². The molecule has 0 aliphatic carbocycles. The lowest BCUT2D eigenvalue weighted by Crippen LogP contribution is -2.50. The Bertz CT molecular complexity index is 173. The second kappa shape index (κ2) is 5.07. The molecule has 1 rings (SSSR count). The van der Waals surface area contributed by atoms with E-state index in [4.69, 9.17) is 4.74 Å². The fourth-order valence-corrected chi connectivity index (χ4v) is 1.51. The maximum absolute atomic E-state index is 11.4. The highest BCUT2D eigenvalue weighted by Gasteiger charge is 2.21. The molecule has 1 unspecified atom stereocenters. The topological polar surface area (TPSA) is 41.6 Å². The molecule has 1 aliphatic rings. The Balaban J connectivity index is 2.34. The molecule has 0 saturated carbocycles. The van der Waals surface area contributed by atoms with E-state index in [1.165, 1.54) is 0 Å². The largest absolute Gasteiger partial charge is 0.385 e. The number of rotatable bonds is 4. The minimum Gasteiger partial charge on any atom is -0.385 e. The van der Waals surface area contributed by atoms with Crippen LogP contribution in [0.25, 0.3) is 0 Å². The van der Waals surface area contributed by atoms with Crippen molar-refractivity contribution in [3.8, 4) is 0 Å². The highest BCUT2D eigenvalue weighted by molar-refractivity contribution is 5.75. The van der Waals surface area contributed by atoms with E-state index in [2.05, 4.69) is 12.2 Å². The summed E-state index contributed by atoms with van der Waals surface area (Å²) in [5, 5.41) is 2.84. The van der Waals surface area contributed by atoms with Gasteiger partial charge in [-0.3, -0.25) is 0 Å². The van der Waals surface area contributed by atoms with Gasteiger partial charge in [-0.15, -0.1) is 0 Å². The van der Waals surface area contributed by atoms with Crippen LogP contribution in [0.2, 0.25) is 0 Å². The number of hydrogen-bond donors (Lipinski definition) is 1. The van der Waals surface area contributed by atoms with E-state index < -0.39 is 0 Å². The van der Waals surface area contributed by atoms with Crippen LogP contribution in [0, 0.1) is 0 Å². The first-order chi connectivity index (χ1) is 6.25. The van der Waals surface area contributed by atoms with Crippen LogP contribution in [-0.4, -0.2) is 43.8 Å². The summed E-state index contributed by atoms with van der Waals surface area (Å²) in [5.74, 6) is 0. The minimum absolute atomic E-state index is 0.0647. The number of ether oxygens (including phenoxy) is 1. The van der Waals surface area contributed by atoms with Crippen LogP contribution in [0.4, 0.5) is 4.79 Å². The zero-order chi connectivity index (χ0) is 9.68. The number of nitrogens with zero attached hydrogens (tertiary/aromatic N) is 1. The van der Waals surface area contributed by atoms with Crippen molar-refractivity contribution >= 4 is 6.03 Å². The number of amides is 2. The van der Waals surface area contributed by atoms with Crippen LogP contribution in [0.3, 0.4) is 0 Å². The Hall–Kier alpha value is -0.770. The lowest BCUT2D eigenvalue weighted by Gasteiger charge is -2.32. The lowest BCUT2D eigenvalue weighted by atomic mass is 10.2. The van der Waals surface area contributed by atoms with Gasteiger partial charge in [0.1, 0.15) is 0 Å². The van der Waals surface area contributed by atoms with Crippen molar-refractivity contribution in [1.29, 1.82) is 0 Å². The zero-order valence-corrected chi connectivity index (χ0v) is 8.38. The predicted molar refractivity (Wildman–Crippen MR) is 50.7 cm³/mol. The molecule has 4 heteroatoms. The second-order valence-corrected chi connectivity index (χ2v) is 3.41. The van der Waals surface area contributed by atoms with E-state index in [0.29, 0.717) is 6.61 Å². The van der Waals surface area contributed by atoms with Crippen molar-refractivity contribution in [2.45, 2.75) is 25.8 Å². The summed E-state index contributed by atoms with van der Waals surface area (Å²) in [6.07, 6.45) is 1.95. The molecule has 0 bridgehead atoms. The zero-order valence-electron chi connectivity index (χ0n) is 8.38. The van der Waals surface area contributed by atoms with E-state index in [9.17, 15) is 4.79 Å². The van der Waals surface area contributed by atoms with Gasteiger partial charge in [0.2, 0.25) is 0 Å². The van der Waals surface area contributed by atoms with Crippen LogP contribution in [-0.2, 0) is 4.74 Å². The average molecular weight is 186 g/mol. The second-order valence-electron chi connectivity index (χ2n) is 3.41. The molecule has 1 fully saturated rings. The van der Waals surface area contributed by atoms with E-state index in [1.54, 1.807) is 7.11 Å². The van der Waals surface area contributed by atoms with Gasteiger partial charge in [0.05, 0.1) is 0 Å². The maximum Gasteiger partial charge on any atom is 0.317 e. The summed E-state index contributed by atoms with van der Waals surface area (Å²) in [4.78, 5) is 13.3. The predicted octanol–water partition coefficient (Wildman–Crippen LogP) is 0.827. The molecule has 4 nitrogen and oxygen atoms in total. The van der Waals surface area contributed by atoms with Gasteiger partial charge >= 0.3 is 6.03 Å². The number of methoxy groups -OCH3 is 1. The van der Waals surface area contributed by atoms with E-state index >= 15 is 0 Å². The van der Waals surface area contributed by atoms with Crippen LogP contribution < -0.4 is 5.32 Å². The fourth-order valence-electron chi connectivity index (χ4n) is 1.51. The SMILES string of the molecule is COCCC(C)N1CCCNC1=O. The van der Waals surface area contributed by atoms with Gasteiger partial charge in [-0.1, -0.05) is 0 Å². The first-order valence-corrected chi connectivity index (χ1v) is 4.79. The summed E-state index contributed by atoms with van der Waals surface area (Å²) in [6.45, 7) is 4.46. The van der Waals surface area contributed by atoms with Gasteiger partial charge in [0.15, 0.2) is 0 Å². The molecule has 1 atom stereocenters. The molecule has 1 saturated heterocycles. The Morgan fingerprint density at radius 3 is 3.08 bits per heavy atom. The molecule has 0 radical (unpaired) electrons. The Labute approximate surface area is 79.2 Å². The Kier molecular flexibility index (Phi) is 4.02. The molecular formula is C9H18N2O2. The third-order valence-electron chi connectivity index (χ3n) is 2.38. The third kappa shape index (κ3) is 2.88. The van der Waals surface area contributed by atoms with Gasteiger partial charge in [0, 0.05) is 32.8 Å². The van der Waals surface area contributed by atoms with Crippen molar-refractivity contribution in [1.82, 2.24) is 10.2 Å². The molecule has 76 valence electrons. The number of nitrogens with one attached hydrogen (secondary N) is 1. The molecule has 13 heavy (non-hydrogen) atoms. The first-order valence-electron chi connectivity index (χ1n) is 4.79. The van der Waals surface area contributed by atoms with Crippen molar-refractivity contribution in [3.63, 3.8) is 0 Å². The molecule has 0 aromatic carbocycles. The maximum atomic E-state index is 11.4. The van der Waals surface area contributed by atoms with Gasteiger partial charge in [0.25, 0.3) is 0 Å². The minimum atomic E-state index is 0.0647. The summed E-state index contributed by atoms with van der Waals surface area (Å²) >= 11 is 0. The standard InChI is InChI=1S/C9H18N2O2/c1-8(4-7-13-2)11-6-3-5-10-9(11)12/h8H,3-7H2,1-2H3,(H,10,12). The van der Waals surface area contributed by atoms with Gasteiger partial charge in [-0.05, 0) is 19.8 Å². The monoisotopic (exact) mass is 186 g/mol. The van der Waals surface area contributed by atoms with Crippen molar-refractivity contribution < 1.29 is 9.53 Å². The number of urea groups is 1.